The number of hydrogen-bond acceptors (Lipinski definition) is 6. The first-order chi connectivity index (χ1) is 8.40. The lowest BCUT2D eigenvalue weighted by Crippen LogP contribution is -2.41. The van der Waals surface area contributed by atoms with Crippen molar-refractivity contribution in [3.63, 3.8) is 0 Å². The fourth-order valence-corrected chi connectivity index (χ4v) is 1.40. The maximum atomic E-state index is 11.0. The molecule has 0 radical (unpaired) electrons. The standard InChI is InChI=1S/C8H15NO3.C2H2O4/c1-11-8(10)7(9)6-2-4-12-5-3-6;3-1(4)2(5)6/h6-7H,2-5,9H2,1H3;(H,3,4)(H,5,6)/t7-;/m1./s1. The summed E-state index contributed by atoms with van der Waals surface area (Å²) in [5.74, 6) is -3.74. The molecule has 0 saturated carbocycles. The van der Waals surface area contributed by atoms with Crippen LogP contribution in [0.5, 0.6) is 0 Å². The molecule has 8 heteroatoms. The first-order valence-electron chi connectivity index (χ1n) is 5.27. The van der Waals surface area contributed by atoms with Gasteiger partial charge in [0, 0.05) is 13.2 Å². The summed E-state index contributed by atoms with van der Waals surface area (Å²) in [5, 5.41) is 14.8. The number of carboxylic acid groups (broad SMARTS) is 2. The summed E-state index contributed by atoms with van der Waals surface area (Å²) in [6.45, 7) is 1.41. The van der Waals surface area contributed by atoms with Crippen molar-refractivity contribution in [1.29, 1.82) is 0 Å². The molecule has 1 heterocycles. The molecular formula is C10H17NO7. The van der Waals surface area contributed by atoms with Gasteiger partial charge in [-0.1, -0.05) is 0 Å². The highest BCUT2D eigenvalue weighted by atomic mass is 16.5. The molecule has 4 N–H and O–H groups in total. The Balaban J connectivity index is 0.000000411. The van der Waals surface area contributed by atoms with Crippen LogP contribution in [0.1, 0.15) is 12.8 Å². The molecule has 8 nitrogen and oxygen atoms in total. The number of ether oxygens (including phenoxy) is 2. The van der Waals surface area contributed by atoms with Crippen molar-refractivity contribution in [3.05, 3.63) is 0 Å². The molecule has 0 aromatic rings. The summed E-state index contributed by atoms with van der Waals surface area (Å²) in [4.78, 5) is 29.2. The van der Waals surface area contributed by atoms with Crippen molar-refractivity contribution in [1.82, 2.24) is 0 Å². The summed E-state index contributed by atoms with van der Waals surface area (Å²) >= 11 is 0. The van der Waals surface area contributed by atoms with E-state index in [1.165, 1.54) is 7.11 Å². The van der Waals surface area contributed by atoms with Crippen molar-refractivity contribution in [3.8, 4) is 0 Å². The van der Waals surface area contributed by atoms with Gasteiger partial charge in [0.2, 0.25) is 0 Å². The van der Waals surface area contributed by atoms with Crippen LogP contribution in [0.25, 0.3) is 0 Å². The smallest absolute Gasteiger partial charge is 0.414 e. The van der Waals surface area contributed by atoms with Crippen LogP contribution in [0, 0.1) is 5.92 Å². The van der Waals surface area contributed by atoms with Crippen LogP contribution in [-0.4, -0.2) is 54.5 Å². The third kappa shape index (κ3) is 6.16. The Morgan fingerprint density at radius 1 is 1.22 bits per heavy atom. The highest BCUT2D eigenvalue weighted by Crippen LogP contribution is 2.17. The molecule has 0 aliphatic carbocycles. The Hall–Kier alpha value is -1.67. The molecule has 0 spiro atoms. The molecule has 0 amide bonds. The van der Waals surface area contributed by atoms with Gasteiger partial charge in [-0.25, -0.2) is 9.59 Å². The second-order valence-corrected chi connectivity index (χ2v) is 3.61. The van der Waals surface area contributed by atoms with E-state index in [0.29, 0.717) is 13.2 Å². The molecule has 0 aromatic carbocycles. The van der Waals surface area contributed by atoms with Gasteiger partial charge in [0.1, 0.15) is 6.04 Å². The third-order valence-electron chi connectivity index (χ3n) is 2.43. The van der Waals surface area contributed by atoms with E-state index in [1.807, 2.05) is 0 Å². The molecule has 1 aliphatic heterocycles. The van der Waals surface area contributed by atoms with Gasteiger partial charge in [-0.2, -0.15) is 0 Å². The maximum absolute atomic E-state index is 11.0. The average molecular weight is 263 g/mol. The number of rotatable bonds is 2. The second kappa shape index (κ2) is 8.43. The Kier molecular flexibility index (Phi) is 7.64. The minimum Gasteiger partial charge on any atom is -0.473 e. The Morgan fingerprint density at radius 2 is 1.67 bits per heavy atom. The lowest BCUT2D eigenvalue weighted by atomic mass is 9.92. The van der Waals surface area contributed by atoms with Crippen molar-refractivity contribution in [2.24, 2.45) is 11.7 Å². The Morgan fingerprint density at radius 3 is 2.00 bits per heavy atom. The molecule has 1 rings (SSSR count). The van der Waals surface area contributed by atoms with Crippen LogP contribution in [0.2, 0.25) is 0 Å². The number of esters is 1. The van der Waals surface area contributed by atoms with Gasteiger partial charge >= 0.3 is 17.9 Å². The van der Waals surface area contributed by atoms with Gasteiger partial charge in [0.25, 0.3) is 0 Å². The molecule has 1 fully saturated rings. The van der Waals surface area contributed by atoms with Crippen LogP contribution in [0.15, 0.2) is 0 Å². The molecular weight excluding hydrogens is 246 g/mol. The van der Waals surface area contributed by atoms with E-state index in [2.05, 4.69) is 4.74 Å². The molecule has 0 bridgehead atoms. The number of carboxylic acids is 2. The predicted octanol–water partition coefficient (Wildman–Crippen LogP) is -0.931. The average Bonchev–Trinajstić information content (AvgIpc) is 2.38. The van der Waals surface area contributed by atoms with Crippen LogP contribution < -0.4 is 5.73 Å². The van der Waals surface area contributed by atoms with Gasteiger partial charge in [-0.05, 0) is 18.8 Å². The van der Waals surface area contributed by atoms with Gasteiger partial charge in [-0.15, -0.1) is 0 Å². The predicted molar refractivity (Wildman–Crippen MR) is 58.8 cm³/mol. The highest BCUT2D eigenvalue weighted by Gasteiger charge is 2.26. The number of carbonyl (C=O) groups excluding carboxylic acids is 1. The lowest BCUT2D eigenvalue weighted by molar-refractivity contribution is -0.159. The van der Waals surface area contributed by atoms with Crippen LogP contribution in [0.4, 0.5) is 0 Å². The van der Waals surface area contributed by atoms with Gasteiger partial charge in [0.05, 0.1) is 7.11 Å². The Bertz CT molecular complexity index is 287. The minimum atomic E-state index is -1.82. The first-order valence-corrected chi connectivity index (χ1v) is 5.27. The second-order valence-electron chi connectivity index (χ2n) is 3.61. The van der Waals surface area contributed by atoms with E-state index in [0.717, 1.165) is 12.8 Å². The van der Waals surface area contributed by atoms with Crippen molar-refractivity contribution >= 4 is 17.9 Å². The fraction of sp³-hybridized carbons (Fsp3) is 0.700. The summed E-state index contributed by atoms with van der Waals surface area (Å²) in [7, 11) is 1.36. The normalized spacial score (nSPS) is 17.0. The molecule has 1 saturated heterocycles. The van der Waals surface area contributed by atoms with E-state index in [4.69, 9.17) is 30.3 Å². The van der Waals surface area contributed by atoms with E-state index in [-0.39, 0.29) is 11.9 Å². The third-order valence-corrected chi connectivity index (χ3v) is 2.43. The number of aliphatic carboxylic acids is 2. The van der Waals surface area contributed by atoms with Gasteiger partial charge < -0.3 is 25.4 Å². The van der Waals surface area contributed by atoms with E-state index in [9.17, 15) is 4.79 Å². The summed E-state index contributed by atoms with van der Waals surface area (Å²) in [6, 6.07) is -0.473. The molecule has 0 aromatic heterocycles. The summed E-state index contributed by atoms with van der Waals surface area (Å²) < 4.78 is 9.72. The van der Waals surface area contributed by atoms with Crippen molar-refractivity contribution < 1.29 is 34.1 Å². The summed E-state index contributed by atoms with van der Waals surface area (Å²) in [6.07, 6.45) is 1.71. The fourth-order valence-electron chi connectivity index (χ4n) is 1.40. The molecule has 0 unspecified atom stereocenters. The number of methoxy groups -OCH3 is 1. The maximum Gasteiger partial charge on any atom is 0.414 e. The topological polar surface area (TPSA) is 136 Å². The number of nitrogens with two attached hydrogens (primary N) is 1. The van der Waals surface area contributed by atoms with Crippen molar-refractivity contribution in [2.75, 3.05) is 20.3 Å². The van der Waals surface area contributed by atoms with E-state index in [1.54, 1.807) is 0 Å². The zero-order chi connectivity index (χ0) is 14.1. The monoisotopic (exact) mass is 263 g/mol. The molecule has 104 valence electrons. The van der Waals surface area contributed by atoms with E-state index >= 15 is 0 Å². The molecule has 1 atom stereocenters. The lowest BCUT2D eigenvalue weighted by Gasteiger charge is -2.25. The number of hydrogen-bond donors (Lipinski definition) is 3. The minimum absolute atomic E-state index is 0.228. The van der Waals surface area contributed by atoms with Crippen molar-refractivity contribution in [2.45, 2.75) is 18.9 Å². The quantitative estimate of drug-likeness (QED) is 0.429. The molecule has 18 heavy (non-hydrogen) atoms. The Labute approximate surface area is 104 Å². The highest BCUT2D eigenvalue weighted by molar-refractivity contribution is 6.27. The zero-order valence-corrected chi connectivity index (χ0v) is 10.00. The SMILES string of the molecule is COC(=O)[C@H](N)C1CCOCC1.O=C(O)C(=O)O. The van der Waals surface area contributed by atoms with E-state index < -0.39 is 18.0 Å². The van der Waals surface area contributed by atoms with Crippen LogP contribution in [-0.2, 0) is 23.9 Å². The number of carbonyl (C=O) groups is 3. The summed E-state index contributed by atoms with van der Waals surface area (Å²) in [5.41, 5.74) is 5.67. The molecule has 1 aliphatic rings. The van der Waals surface area contributed by atoms with Crippen LogP contribution in [0.3, 0.4) is 0 Å². The van der Waals surface area contributed by atoms with Gasteiger partial charge in [0.15, 0.2) is 0 Å². The van der Waals surface area contributed by atoms with Gasteiger partial charge in [-0.3, -0.25) is 4.79 Å². The first kappa shape index (κ1) is 16.3. The van der Waals surface area contributed by atoms with Crippen LogP contribution >= 0.6 is 0 Å². The zero-order valence-electron chi connectivity index (χ0n) is 10.00. The largest absolute Gasteiger partial charge is 0.473 e.